The van der Waals surface area contributed by atoms with Crippen LogP contribution >= 0.6 is 11.8 Å². The maximum atomic E-state index is 13.6. The smallest absolute Gasteiger partial charge is 0.126 e. The Bertz CT molecular complexity index is 380. The van der Waals surface area contributed by atoms with E-state index < -0.39 is 0 Å². The van der Waals surface area contributed by atoms with Crippen LogP contribution in [-0.2, 0) is 6.42 Å². The second-order valence-corrected chi connectivity index (χ2v) is 5.54. The van der Waals surface area contributed by atoms with E-state index in [4.69, 9.17) is 0 Å². The molecule has 0 amide bonds. The van der Waals surface area contributed by atoms with E-state index in [0.29, 0.717) is 12.1 Å². The van der Waals surface area contributed by atoms with Gasteiger partial charge in [0.05, 0.1) is 0 Å². The number of halogens is 1. The number of fused-ring (bicyclic) bond motifs is 1. The minimum Gasteiger partial charge on any atom is -0.306 e. The first kappa shape index (κ1) is 12.9. The molecule has 2 atom stereocenters. The first-order valence-corrected chi connectivity index (χ1v) is 7.68. The molecule has 2 unspecified atom stereocenters. The van der Waals surface area contributed by atoms with Crippen molar-refractivity contribution in [1.82, 2.24) is 5.32 Å². The highest BCUT2D eigenvalue weighted by atomic mass is 32.2. The summed E-state index contributed by atoms with van der Waals surface area (Å²) in [5, 5.41) is 3.66. The van der Waals surface area contributed by atoms with Crippen LogP contribution in [0.15, 0.2) is 18.2 Å². The minimum absolute atomic E-state index is 0.0373. The van der Waals surface area contributed by atoms with Gasteiger partial charge in [0.15, 0.2) is 0 Å². The fourth-order valence-electron chi connectivity index (χ4n) is 2.55. The highest BCUT2D eigenvalue weighted by molar-refractivity contribution is 7.98. The molecular formula is C14H20FNS. The van der Waals surface area contributed by atoms with E-state index in [2.05, 4.69) is 24.6 Å². The van der Waals surface area contributed by atoms with E-state index in [9.17, 15) is 4.39 Å². The van der Waals surface area contributed by atoms with Gasteiger partial charge in [0, 0.05) is 17.8 Å². The van der Waals surface area contributed by atoms with E-state index in [-0.39, 0.29) is 5.82 Å². The van der Waals surface area contributed by atoms with Crippen molar-refractivity contribution in [3.8, 4) is 0 Å². The first-order chi connectivity index (χ1) is 8.26. The Kier molecular flexibility index (Phi) is 4.46. The SMILES string of the molecule is CCC(CSC)NC1CCc2c(F)cccc21. The maximum absolute atomic E-state index is 13.6. The van der Waals surface area contributed by atoms with Crippen LogP contribution in [0.4, 0.5) is 4.39 Å². The summed E-state index contributed by atoms with van der Waals surface area (Å²) < 4.78 is 13.6. The van der Waals surface area contributed by atoms with Gasteiger partial charge in [-0.05, 0) is 42.7 Å². The molecule has 0 aliphatic heterocycles. The summed E-state index contributed by atoms with van der Waals surface area (Å²) in [4.78, 5) is 0. The van der Waals surface area contributed by atoms with Crippen LogP contribution in [0.5, 0.6) is 0 Å². The zero-order chi connectivity index (χ0) is 12.3. The standard InChI is InChI=1S/C14H20FNS/c1-3-10(9-17-2)16-14-8-7-11-12(14)5-4-6-13(11)15/h4-6,10,14,16H,3,7-9H2,1-2H3. The van der Waals surface area contributed by atoms with E-state index in [1.807, 2.05) is 17.8 Å². The van der Waals surface area contributed by atoms with Gasteiger partial charge in [0.25, 0.3) is 0 Å². The molecule has 0 aromatic heterocycles. The molecule has 0 heterocycles. The molecule has 1 N–H and O–H groups in total. The average molecular weight is 253 g/mol. The van der Waals surface area contributed by atoms with E-state index >= 15 is 0 Å². The molecule has 1 aliphatic carbocycles. The number of hydrogen-bond donors (Lipinski definition) is 1. The summed E-state index contributed by atoms with van der Waals surface area (Å²) in [6.45, 7) is 2.20. The first-order valence-electron chi connectivity index (χ1n) is 6.28. The Hall–Kier alpha value is -0.540. The van der Waals surface area contributed by atoms with Crippen LogP contribution in [0.1, 0.15) is 36.9 Å². The Morgan fingerprint density at radius 1 is 1.53 bits per heavy atom. The van der Waals surface area contributed by atoms with Crippen LogP contribution in [0.3, 0.4) is 0 Å². The Balaban J connectivity index is 2.09. The molecule has 17 heavy (non-hydrogen) atoms. The Labute approximate surface area is 107 Å². The molecule has 0 spiro atoms. The zero-order valence-electron chi connectivity index (χ0n) is 10.5. The average Bonchev–Trinajstić information content (AvgIpc) is 2.73. The lowest BCUT2D eigenvalue weighted by molar-refractivity contribution is 0.449. The molecule has 0 fully saturated rings. The third-order valence-corrected chi connectivity index (χ3v) is 4.25. The number of hydrogen-bond acceptors (Lipinski definition) is 2. The van der Waals surface area contributed by atoms with Gasteiger partial charge >= 0.3 is 0 Å². The lowest BCUT2D eigenvalue weighted by Crippen LogP contribution is -2.33. The third kappa shape index (κ3) is 2.83. The van der Waals surface area contributed by atoms with E-state index in [1.54, 1.807) is 6.07 Å². The van der Waals surface area contributed by atoms with Crippen molar-refractivity contribution in [1.29, 1.82) is 0 Å². The van der Waals surface area contributed by atoms with Crippen molar-refractivity contribution in [3.63, 3.8) is 0 Å². The lowest BCUT2D eigenvalue weighted by atomic mass is 10.1. The predicted molar refractivity (Wildman–Crippen MR) is 73.1 cm³/mol. The van der Waals surface area contributed by atoms with Gasteiger partial charge < -0.3 is 5.32 Å². The fraction of sp³-hybridized carbons (Fsp3) is 0.571. The fourth-order valence-corrected chi connectivity index (χ4v) is 3.29. The number of benzene rings is 1. The van der Waals surface area contributed by atoms with Gasteiger partial charge in [-0.15, -0.1) is 0 Å². The second-order valence-electron chi connectivity index (χ2n) is 4.63. The van der Waals surface area contributed by atoms with Crippen LogP contribution in [0.2, 0.25) is 0 Å². The van der Waals surface area contributed by atoms with Gasteiger partial charge in [-0.2, -0.15) is 11.8 Å². The third-order valence-electron chi connectivity index (χ3n) is 3.51. The predicted octanol–water partition coefficient (Wildman–Crippen LogP) is 3.54. The van der Waals surface area contributed by atoms with Crippen LogP contribution in [-0.4, -0.2) is 18.1 Å². The molecule has 94 valence electrons. The van der Waals surface area contributed by atoms with Gasteiger partial charge in [-0.1, -0.05) is 19.1 Å². The van der Waals surface area contributed by atoms with Crippen molar-refractivity contribution in [3.05, 3.63) is 35.1 Å². The highest BCUT2D eigenvalue weighted by Gasteiger charge is 2.25. The molecule has 0 saturated carbocycles. The van der Waals surface area contributed by atoms with Crippen molar-refractivity contribution in [2.45, 2.75) is 38.3 Å². The highest BCUT2D eigenvalue weighted by Crippen LogP contribution is 2.33. The molecule has 1 aromatic rings. The summed E-state index contributed by atoms with van der Waals surface area (Å²) in [7, 11) is 0. The molecule has 0 radical (unpaired) electrons. The minimum atomic E-state index is -0.0373. The molecule has 1 aromatic carbocycles. The zero-order valence-corrected chi connectivity index (χ0v) is 11.3. The topological polar surface area (TPSA) is 12.0 Å². The molecule has 1 aliphatic rings. The number of thioether (sulfide) groups is 1. The maximum Gasteiger partial charge on any atom is 0.126 e. The van der Waals surface area contributed by atoms with E-state index in [1.165, 1.54) is 5.56 Å². The van der Waals surface area contributed by atoms with Crippen molar-refractivity contribution >= 4 is 11.8 Å². The van der Waals surface area contributed by atoms with Crippen LogP contribution in [0.25, 0.3) is 0 Å². The molecule has 1 nitrogen and oxygen atoms in total. The van der Waals surface area contributed by atoms with Gasteiger partial charge in [0.2, 0.25) is 0 Å². The molecular weight excluding hydrogens is 233 g/mol. The van der Waals surface area contributed by atoms with Gasteiger partial charge in [0.1, 0.15) is 5.82 Å². The van der Waals surface area contributed by atoms with Crippen molar-refractivity contribution in [2.75, 3.05) is 12.0 Å². The van der Waals surface area contributed by atoms with E-state index in [0.717, 1.165) is 30.6 Å². The quantitative estimate of drug-likeness (QED) is 0.861. The lowest BCUT2D eigenvalue weighted by Gasteiger charge is -2.22. The number of nitrogens with one attached hydrogen (secondary N) is 1. The summed E-state index contributed by atoms with van der Waals surface area (Å²) in [5.74, 6) is 1.09. The molecule has 0 saturated heterocycles. The molecule has 2 rings (SSSR count). The van der Waals surface area contributed by atoms with Gasteiger partial charge in [-0.3, -0.25) is 0 Å². The summed E-state index contributed by atoms with van der Waals surface area (Å²) in [6.07, 6.45) is 5.16. The largest absolute Gasteiger partial charge is 0.306 e. The van der Waals surface area contributed by atoms with Gasteiger partial charge in [-0.25, -0.2) is 4.39 Å². The summed E-state index contributed by atoms with van der Waals surface area (Å²) in [5.41, 5.74) is 2.09. The van der Waals surface area contributed by atoms with Crippen molar-refractivity contribution < 1.29 is 4.39 Å². The molecule has 3 heteroatoms. The summed E-state index contributed by atoms with van der Waals surface area (Å²) >= 11 is 1.87. The normalized spacial score (nSPS) is 20.3. The van der Waals surface area contributed by atoms with Crippen LogP contribution < -0.4 is 5.32 Å². The Morgan fingerprint density at radius 3 is 3.06 bits per heavy atom. The Morgan fingerprint density at radius 2 is 2.35 bits per heavy atom. The molecule has 0 bridgehead atoms. The van der Waals surface area contributed by atoms with Crippen molar-refractivity contribution in [2.24, 2.45) is 0 Å². The van der Waals surface area contributed by atoms with Crippen LogP contribution in [0, 0.1) is 5.82 Å². The number of rotatable bonds is 5. The second kappa shape index (κ2) is 5.87. The monoisotopic (exact) mass is 253 g/mol. The summed E-state index contributed by atoms with van der Waals surface area (Å²) in [6, 6.07) is 6.33.